The average molecular weight is 378 g/mol. The SMILES string of the molecule is O=C(c1ccncc1)c1cc(Br)ccc1-n1cnnc1CCl. The van der Waals surface area contributed by atoms with Crippen LogP contribution in [0.3, 0.4) is 0 Å². The minimum absolute atomic E-state index is 0.104. The molecule has 0 aliphatic heterocycles. The molecule has 7 heteroatoms. The van der Waals surface area contributed by atoms with Crippen LogP contribution in [0.15, 0.2) is 53.5 Å². The summed E-state index contributed by atoms with van der Waals surface area (Å²) < 4.78 is 2.53. The highest BCUT2D eigenvalue weighted by Gasteiger charge is 2.17. The van der Waals surface area contributed by atoms with Gasteiger partial charge in [0.25, 0.3) is 0 Å². The fourth-order valence-electron chi connectivity index (χ4n) is 2.11. The predicted octanol–water partition coefficient (Wildman–Crippen LogP) is 3.39. The summed E-state index contributed by atoms with van der Waals surface area (Å²) in [5.74, 6) is 0.680. The van der Waals surface area contributed by atoms with Crippen LogP contribution in [0.4, 0.5) is 0 Å². The van der Waals surface area contributed by atoms with Crippen molar-refractivity contribution in [2.45, 2.75) is 5.88 Å². The number of ketones is 1. The van der Waals surface area contributed by atoms with Crippen molar-refractivity contribution in [2.24, 2.45) is 0 Å². The van der Waals surface area contributed by atoms with Gasteiger partial charge < -0.3 is 0 Å². The average Bonchev–Trinajstić information content (AvgIpc) is 3.03. The Balaban J connectivity index is 2.15. The number of hydrogen-bond donors (Lipinski definition) is 0. The molecule has 0 radical (unpaired) electrons. The van der Waals surface area contributed by atoms with Gasteiger partial charge in [0.05, 0.1) is 11.6 Å². The Labute approximate surface area is 140 Å². The molecular formula is C15H10BrClN4O. The molecular weight excluding hydrogens is 368 g/mol. The largest absolute Gasteiger partial charge is 0.289 e. The third-order valence-electron chi connectivity index (χ3n) is 3.14. The van der Waals surface area contributed by atoms with E-state index in [1.54, 1.807) is 41.5 Å². The Bertz CT molecular complexity index is 819. The van der Waals surface area contributed by atoms with E-state index in [0.29, 0.717) is 22.6 Å². The van der Waals surface area contributed by atoms with Gasteiger partial charge in [-0.25, -0.2) is 0 Å². The molecule has 0 saturated heterocycles. The molecule has 2 heterocycles. The Kier molecular flexibility index (Phi) is 4.31. The second kappa shape index (κ2) is 6.37. The van der Waals surface area contributed by atoms with Crippen molar-refractivity contribution < 1.29 is 4.79 Å². The number of rotatable bonds is 4. The van der Waals surface area contributed by atoms with Gasteiger partial charge in [0.2, 0.25) is 0 Å². The minimum Gasteiger partial charge on any atom is -0.289 e. The zero-order valence-electron chi connectivity index (χ0n) is 11.3. The summed E-state index contributed by atoms with van der Waals surface area (Å²) in [4.78, 5) is 16.7. The molecule has 0 fully saturated rings. The van der Waals surface area contributed by atoms with Crippen molar-refractivity contribution in [1.82, 2.24) is 19.7 Å². The number of benzene rings is 1. The first-order valence-electron chi connectivity index (χ1n) is 6.40. The van der Waals surface area contributed by atoms with Crippen LogP contribution in [0.5, 0.6) is 0 Å². The zero-order chi connectivity index (χ0) is 15.5. The van der Waals surface area contributed by atoms with E-state index in [4.69, 9.17) is 11.6 Å². The van der Waals surface area contributed by atoms with Gasteiger partial charge in [0.1, 0.15) is 6.33 Å². The monoisotopic (exact) mass is 376 g/mol. The summed E-state index contributed by atoms with van der Waals surface area (Å²) >= 11 is 9.28. The van der Waals surface area contributed by atoms with Gasteiger partial charge in [-0.3, -0.25) is 14.3 Å². The summed E-state index contributed by atoms with van der Waals surface area (Å²) in [6.45, 7) is 0. The van der Waals surface area contributed by atoms with Crippen LogP contribution >= 0.6 is 27.5 Å². The third-order valence-corrected chi connectivity index (χ3v) is 3.88. The molecule has 0 aliphatic rings. The first-order chi connectivity index (χ1) is 10.7. The molecule has 0 spiro atoms. The van der Waals surface area contributed by atoms with Crippen molar-refractivity contribution in [3.63, 3.8) is 0 Å². The smallest absolute Gasteiger partial charge is 0.195 e. The molecule has 0 atom stereocenters. The molecule has 3 rings (SSSR count). The normalized spacial score (nSPS) is 10.6. The summed E-state index contributed by atoms with van der Waals surface area (Å²) in [6.07, 6.45) is 4.73. The summed E-state index contributed by atoms with van der Waals surface area (Å²) in [6, 6.07) is 8.83. The van der Waals surface area contributed by atoms with Crippen molar-refractivity contribution in [1.29, 1.82) is 0 Å². The first kappa shape index (κ1) is 14.9. The molecule has 3 aromatic rings. The first-order valence-corrected chi connectivity index (χ1v) is 7.73. The molecule has 0 bridgehead atoms. The van der Waals surface area contributed by atoms with E-state index in [9.17, 15) is 4.79 Å². The van der Waals surface area contributed by atoms with E-state index in [1.165, 1.54) is 0 Å². The highest BCUT2D eigenvalue weighted by Crippen LogP contribution is 2.24. The Morgan fingerprint density at radius 3 is 2.73 bits per heavy atom. The second-order valence-electron chi connectivity index (χ2n) is 4.48. The number of nitrogens with zero attached hydrogens (tertiary/aromatic N) is 4. The van der Waals surface area contributed by atoms with Gasteiger partial charge in [0, 0.05) is 28.0 Å². The van der Waals surface area contributed by atoms with Crippen LogP contribution in [0.1, 0.15) is 21.7 Å². The molecule has 0 unspecified atom stereocenters. The van der Waals surface area contributed by atoms with E-state index in [2.05, 4.69) is 31.1 Å². The number of halogens is 2. The van der Waals surface area contributed by atoms with Crippen molar-refractivity contribution >= 4 is 33.3 Å². The number of carbonyl (C=O) groups excluding carboxylic acids is 1. The lowest BCUT2D eigenvalue weighted by atomic mass is 10.0. The zero-order valence-corrected chi connectivity index (χ0v) is 13.6. The molecule has 1 aromatic carbocycles. The molecule has 0 N–H and O–H groups in total. The Morgan fingerprint density at radius 2 is 2.00 bits per heavy atom. The van der Waals surface area contributed by atoms with Crippen LogP contribution in [0.2, 0.25) is 0 Å². The molecule has 110 valence electrons. The lowest BCUT2D eigenvalue weighted by molar-refractivity contribution is 0.103. The van der Waals surface area contributed by atoms with E-state index < -0.39 is 0 Å². The van der Waals surface area contributed by atoms with E-state index in [1.807, 2.05) is 12.1 Å². The number of pyridine rings is 1. The van der Waals surface area contributed by atoms with E-state index >= 15 is 0 Å². The molecule has 0 saturated carbocycles. The molecule has 5 nitrogen and oxygen atoms in total. The third kappa shape index (κ3) is 2.80. The highest BCUT2D eigenvalue weighted by molar-refractivity contribution is 9.10. The number of alkyl halides is 1. The number of aromatic nitrogens is 4. The Morgan fingerprint density at radius 1 is 1.23 bits per heavy atom. The summed E-state index contributed by atoms with van der Waals surface area (Å²) in [7, 11) is 0. The lowest BCUT2D eigenvalue weighted by Crippen LogP contribution is -2.09. The topological polar surface area (TPSA) is 60.7 Å². The summed E-state index contributed by atoms with van der Waals surface area (Å²) in [5.41, 5.74) is 1.78. The van der Waals surface area contributed by atoms with Gasteiger partial charge >= 0.3 is 0 Å². The highest BCUT2D eigenvalue weighted by atomic mass is 79.9. The maximum atomic E-state index is 12.8. The molecule has 0 aliphatic carbocycles. The van der Waals surface area contributed by atoms with Crippen LogP contribution in [-0.4, -0.2) is 25.5 Å². The fourth-order valence-corrected chi connectivity index (χ4v) is 2.65. The maximum absolute atomic E-state index is 12.8. The van der Waals surface area contributed by atoms with Crippen molar-refractivity contribution in [3.05, 3.63) is 70.5 Å². The van der Waals surface area contributed by atoms with Gasteiger partial charge in [-0.2, -0.15) is 0 Å². The molecule has 22 heavy (non-hydrogen) atoms. The van der Waals surface area contributed by atoms with Crippen LogP contribution in [0, 0.1) is 0 Å². The van der Waals surface area contributed by atoms with Gasteiger partial charge in [0.15, 0.2) is 11.6 Å². The Hall–Kier alpha value is -2.05. The van der Waals surface area contributed by atoms with Crippen molar-refractivity contribution in [3.8, 4) is 5.69 Å². The van der Waals surface area contributed by atoms with Crippen LogP contribution in [0.25, 0.3) is 5.69 Å². The van der Waals surface area contributed by atoms with Gasteiger partial charge in [-0.05, 0) is 30.3 Å². The molecule has 0 amide bonds. The fraction of sp³-hybridized carbons (Fsp3) is 0.0667. The number of carbonyl (C=O) groups is 1. The molecule has 2 aromatic heterocycles. The lowest BCUT2D eigenvalue weighted by Gasteiger charge is -2.11. The van der Waals surface area contributed by atoms with E-state index in [0.717, 1.165) is 4.47 Å². The van der Waals surface area contributed by atoms with Crippen LogP contribution in [-0.2, 0) is 5.88 Å². The standard InChI is InChI=1S/C15H10BrClN4O/c16-11-1-2-13(21-9-19-20-14(21)8-17)12(7-11)15(22)10-3-5-18-6-4-10/h1-7,9H,8H2. The van der Waals surface area contributed by atoms with E-state index in [-0.39, 0.29) is 11.7 Å². The summed E-state index contributed by atoms with van der Waals surface area (Å²) in [5, 5.41) is 7.82. The van der Waals surface area contributed by atoms with Gasteiger partial charge in [-0.1, -0.05) is 15.9 Å². The second-order valence-corrected chi connectivity index (χ2v) is 5.66. The van der Waals surface area contributed by atoms with Crippen molar-refractivity contribution in [2.75, 3.05) is 0 Å². The minimum atomic E-state index is -0.104. The maximum Gasteiger partial charge on any atom is 0.195 e. The predicted molar refractivity (Wildman–Crippen MR) is 86.3 cm³/mol. The number of hydrogen-bond acceptors (Lipinski definition) is 4. The van der Waals surface area contributed by atoms with Crippen LogP contribution < -0.4 is 0 Å². The van der Waals surface area contributed by atoms with Gasteiger partial charge in [-0.15, -0.1) is 21.8 Å². The quantitative estimate of drug-likeness (QED) is 0.516.